The first-order valence-corrected chi connectivity index (χ1v) is 7.44. The summed E-state index contributed by atoms with van der Waals surface area (Å²) in [6.45, 7) is 5.51. The molecule has 2 heterocycles. The lowest BCUT2D eigenvalue weighted by Crippen LogP contribution is -2.24. The van der Waals surface area contributed by atoms with Gasteiger partial charge in [-0.25, -0.2) is 0 Å². The number of aryl methyl sites for hydroxylation is 1. The van der Waals surface area contributed by atoms with Crippen LogP contribution in [0, 0.1) is 11.8 Å². The Morgan fingerprint density at radius 2 is 2.22 bits per heavy atom. The molecule has 0 amide bonds. The van der Waals surface area contributed by atoms with Crippen LogP contribution in [0.5, 0.6) is 0 Å². The van der Waals surface area contributed by atoms with Gasteiger partial charge in [0.25, 0.3) is 0 Å². The van der Waals surface area contributed by atoms with Gasteiger partial charge in [-0.05, 0) is 44.1 Å². The van der Waals surface area contributed by atoms with E-state index in [1.807, 2.05) is 0 Å². The number of nitrogens with zero attached hydrogens (tertiary/aromatic N) is 3. The molecule has 0 radical (unpaired) electrons. The minimum absolute atomic E-state index is 0.878. The summed E-state index contributed by atoms with van der Waals surface area (Å²) in [5, 5.41) is 12.2. The summed E-state index contributed by atoms with van der Waals surface area (Å²) in [4.78, 5) is 0. The Kier molecular flexibility index (Phi) is 3.64. The van der Waals surface area contributed by atoms with Gasteiger partial charge in [0, 0.05) is 13.0 Å². The highest BCUT2D eigenvalue weighted by Gasteiger charge is 2.21. The van der Waals surface area contributed by atoms with Crippen molar-refractivity contribution in [2.24, 2.45) is 11.8 Å². The summed E-state index contributed by atoms with van der Waals surface area (Å²) >= 11 is 0. The highest BCUT2D eigenvalue weighted by molar-refractivity contribution is 4.98. The Hall–Kier alpha value is -0.900. The smallest absolute Gasteiger partial charge is 0.147 e. The highest BCUT2D eigenvalue weighted by atomic mass is 15.3. The molecule has 2 aliphatic rings. The maximum atomic E-state index is 4.33. The molecule has 1 saturated carbocycles. The van der Waals surface area contributed by atoms with Crippen LogP contribution in [0.4, 0.5) is 0 Å². The molecule has 0 aromatic carbocycles. The lowest BCUT2D eigenvalue weighted by Gasteiger charge is -2.15. The van der Waals surface area contributed by atoms with Gasteiger partial charge in [0.15, 0.2) is 0 Å². The van der Waals surface area contributed by atoms with Crippen LogP contribution in [0.2, 0.25) is 0 Å². The van der Waals surface area contributed by atoms with Crippen molar-refractivity contribution in [2.75, 3.05) is 6.54 Å². The zero-order valence-corrected chi connectivity index (χ0v) is 11.4. The first-order chi connectivity index (χ1) is 8.83. The SMILES string of the molecule is CC1CCC(CNCc2nnc3n2CCCC3)C1. The van der Waals surface area contributed by atoms with Crippen molar-refractivity contribution in [2.45, 2.75) is 58.5 Å². The average molecular weight is 248 g/mol. The van der Waals surface area contributed by atoms with E-state index in [2.05, 4.69) is 27.0 Å². The van der Waals surface area contributed by atoms with Gasteiger partial charge in [0.2, 0.25) is 0 Å². The molecule has 1 N–H and O–H groups in total. The van der Waals surface area contributed by atoms with E-state index >= 15 is 0 Å². The number of hydrogen-bond acceptors (Lipinski definition) is 3. The molecule has 4 heteroatoms. The minimum atomic E-state index is 0.878. The molecule has 1 aromatic heterocycles. The zero-order valence-electron chi connectivity index (χ0n) is 11.4. The maximum absolute atomic E-state index is 4.33. The van der Waals surface area contributed by atoms with Gasteiger partial charge >= 0.3 is 0 Å². The lowest BCUT2D eigenvalue weighted by molar-refractivity contribution is 0.452. The minimum Gasteiger partial charge on any atom is -0.314 e. The molecule has 0 saturated heterocycles. The van der Waals surface area contributed by atoms with Gasteiger partial charge < -0.3 is 9.88 Å². The van der Waals surface area contributed by atoms with Crippen LogP contribution in [0.1, 0.15) is 50.7 Å². The Morgan fingerprint density at radius 1 is 1.28 bits per heavy atom. The summed E-state index contributed by atoms with van der Waals surface area (Å²) in [5.41, 5.74) is 0. The van der Waals surface area contributed by atoms with E-state index in [0.717, 1.165) is 43.7 Å². The van der Waals surface area contributed by atoms with Crippen molar-refractivity contribution < 1.29 is 0 Å². The summed E-state index contributed by atoms with van der Waals surface area (Å²) in [5.74, 6) is 4.13. The van der Waals surface area contributed by atoms with Crippen LogP contribution in [0.15, 0.2) is 0 Å². The molecule has 1 aromatic rings. The molecule has 1 fully saturated rings. The van der Waals surface area contributed by atoms with Crippen molar-refractivity contribution in [3.8, 4) is 0 Å². The van der Waals surface area contributed by atoms with E-state index in [4.69, 9.17) is 0 Å². The molecule has 0 spiro atoms. The molecule has 18 heavy (non-hydrogen) atoms. The molecule has 1 aliphatic heterocycles. The van der Waals surface area contributed by atoms with Crippen LogP contribution in [0.3, 0.4) is 0 Å². The molecular formula is C14H24N4. The zero-order chi connectivity index (χ0) is 12.4. The maximum Gasteiger partial charge on any atom is 0.147 e. The third kappa shape index (κ3) is 2.58. The van der Waals surface area contributed by atoms with E-state index in [1.54, 1.807) is 0 Å². The Labute approximate surface area is 109 Å². The van der Waals surface area contributed by atoms with Gasteiger partial charge in [-0.1, -0.05) is 13.3 Å². The topological polar surface area (TPSA) is 42.7 Å². The molecule has 1 aliphatic carbocycles. The van der Waals surface area contributed by atoms with Crippen LogP contribution < -0.4 is 5.32 Å². The molecule has 3 rings (SSSR count). The van der Waals surface area contributed by atoms with Gasteiger partial charge in [-0.3, -0.25) is 0 Å². The number of fused-ring (bicyclic) bond motifs is 1. The molecule has 100 valence electrons. The van der Waals surface area contributed by atoms with Gasteiger partial charge in [-0.2, -0.15) is 0 Å². The van der Waals surface area contributed by atoms with Crippen LogP contribution in [-0.2, 0) is 19.5 Å². The van der Waals surface area contributed by atoms with Crippen molar-refractivity contribution in [3.05, 3.63) is 11.6 Å². The fraction of sp³-hybridized carbons (Fsp3) is 0.857. The largest absolute Gasteiger partial charge is 0.314 e. The second-order valence-corrected chi connectivity index (χ2v) is 6.06. The van der Waals surface area contributed by atoms with Gasteiger partial charge in [-0.15, -0.1) is 10.2 Å². The first-order valence-electron chi connectivity index (χ1n) is 7.44. The Morgan fingerprint density at radius 3 is 3.06 bits per heavy atom. The highest BCUT2D eigenvalue weighted by Crippen LogP contribution is 2.29. The lowest BCUT2D eigenvalue weighted by atomic mass is 10.1. The number of hydrogen-bond donors (Lipinski definition) is 1. The molecule has 0 bridgehead atoms. The van der Waals surface area contributed by atoms with E-state index < -0.39 is 0 Å². The fourth-order valence-corrected chi connectivity index (χ4v) is 3.40. The van der Waals surface area contributed by atoms with Gasteiger partial charge in [0.05, 0.1) is 6.54 Å². The second kappa shape index (κ2) is 5.39. The van der Waals surface area contributed by atoms with E-state index in [9.17, 15) is 0 Å². The predicted octanol–water partition coefficient (Wildman–Crippen LogP) is 2.14. The van der Waals surface area contributed by atoms with Crippen LogP contribution in [-0.4, -0.2) is 21.3 Å². The van der Waals surface area contributed by atoms with Crippen molar-refractivity contribution in [1.82, 2.24) is 20.1 Å². The van der Waals surface area contributed by atoms with Crippen molar-refractivity contribution in [1.29, 1.82) is 0 Å². The number of aromatic nitrogens is 3. The first kappa shape index (κ1) is 12.2. The fourth-order valence-electron chi connectivity index (χ4n) is 3.40. The summed E-state index contributed by atoms with van der Waals surface area (Å²) in [6, 6.07) is 0. The third-order valence-corrected chi connectivity index (χ3v) is 4.46. The number of rotatable bonds is 4. The van der Waals surface area contributed by atoms with E-state index in [1.165, 1.54) is 37.9 Å². The van der Waals surface area contributed by atoms with E-state index in [-0.39, 0.29) is 0 Å². The predicted molar refractivity (Wildman–Crippen MR) is 71.2 cm³/mol. The van der Waals surface area contributed by atoms with E-state index in [0.29, 0.717) is 0 Å². The summed E-state index contributed by atoms with van der Waals surface area (Å²) in [6.07, 6.45) is 7.85. The third-order valence-electron chi connectivity index (χ3n) is 4.46. The molecule has 2 unspecified atom stereocenters. The molecule has 2 atom stereocenters. The Balaban J connectivity index is 1.49. The number of nitrogens with one attached hydrogen (secondary N) is 1. The van der Waals surface area contributed by atoms with Crippen molar-refractivity contribution >= 4 is 0 Å². The normalized spacial score (nSPS) is 27.4. The summed E-state index contributed by atoms with van der Waals surface area (Å²) < 4.78 is 2.31. The van der Waals surface area contributed by atoms with Gasteiger partial charge in [0.1, 0.15) is 11.6 Å². The standard InChI is InChI=1S/C14H24N4/c1-11-5-6-12(8-11)9-15-10-14-17-16-13-4-2-3-7-18(13)14/h11-12,15H,2-10H2,1H3. The molecule has 4 nitrogen and oxygen atoms in total. The average Bonchev–Trinajstić information content (AvgIpc) is 2.97. The van der Waals surface area contributed by atoms with Crippen LogP contribution >= 0.6 is 0 Å². The molecular weight excluding hydrogens is 224 g/mol. The Bertz CT molecular complexity index is 398. The monoisotopic (exact) mass is 248 g/mol. The summed E-state index contributed by atoms with van der Waals surface area (Å²) in [7, 11) is 0. The van der Waals surface area contributed by atoms with Crippen LogP contribution in [0.25, 0.3) is 0 Å². The van der Waals surface area contributed by atoms with Crippen molar-refractivity contribution in [3.63, 3.8) is 0 Å². The second-order valence-electron chi connectivity index (χ2n) is 6.06. The quantitative estimate of drug-likeness (QED) is 0.887.